The van der Waals surface area contributed by atoms with Gasteiger partial charge in [0.05, 0.1) is 29.6 Å². The van der Waals surface area contributed by atoms with Crippen molar-refractivity contribution in [2.45, 2.75) is 6.92 Å². The highest BCUT2D eigenvalue weighted by atomic mass is 35.5. The van der Waals surface area contributed by atoms with Crippen LogP contribution in [0.1, 0.15) is 16.1 Å². The van der Waals surface area contributed by atoms with Crippen molar-refractivity contribution in [2.75, 3.05) is 12.4 Å². The Kier molecular flexibility index (Phi) is 5.62. The molecule has 1 aromatic heterocycles. The lowest BCUT2D eigenvalue weighted by molar-refractivity contribution is 0.102. The summed E-state index contributed by atoms with van der Waals surface area (Å²) >= 11 is 12.8. The maximum absolute atomic E-state index is 13.5. The molecule has 1 N–H and O–H groups in total. The third-order valence-corrected chi connectivity index (χ3v) is 5.42. The first kappa shape index (κ1) is 20.2. The average Bonchev–Trinajstić information content (AvgIpc) is 2.74. The number of hydrogen-bond acceptors (Lipinski definition) is 3. The van der Waals surface area contributed by atoms with Crippen molar-refractivity contribution in [1.82, 2.24) is 4.98 Å². The predicted octanol–water partition coefficient (Wildman–Crippen LogP) is 6.78. The monoisotopic (exact) mass is 436 g/mol. The van der Waals surface area contributed by atoms with E-state index in [-0.39, 0.29) is 5.91 Å². The number of ether oxygens (including phenoxy) is 1. The first-order chi connectivity index (χ1) is 14.5. The van der Waals surface area contributed by atoms with Crippen LogP contribution in [0.15, 0.2) is 66.7 Å². The molecule has 0 fully saturated rings. The number of hydrogen-bond donors (Lipinski definition) is 1. The van der Waals surface area contributed by atoms with E-state index >= 15 is 0 Å². The number of amides is 1. The zero-order chi connectivity index (χ0) is 21.3. The molecule has 4 nitrogen and oxygen atoms in total. The first-order valence-corrected chi connectivity index (χ1v) is 10.0. The summed E-state index contributed by atoms with van der Waals surface area (Å²) in [6.07, 6.45) is 0. The molecule has 0 saturated carbocycles. The van der Waals surface area contributed by atoms with Crippen LogP contribution in [0.4, 0.5) is 5.69 Å². The third kappa shape index (κ3) is 3.72. The Hall–Kier alpha value is -3.08. The molecule has 0 atom stereocenters. The lowest BCUT2D eigenvalue weighted by Crippen LogP contribution is -2.16. The summed E-state index contributed by atoms with van der Waals surface area (Å²) in [7, 11) is 1.56. The summed E-state index contributed by atoms with van der Waals surface area (Å²) in [5.74, 6) is 0.265. The number of carbonyl (C=O) groups is 1. The molecule has 6 heteroatoms. The molecular formula is C24H18Cl2N2O2. The number of benzene rings is 3. The van der Waals surface area contributed by atoms with Crippen molar-refractivity contribution in [3.63, 3.8) is 0 Å². The highest BCUT2D eigenvalue weighted by molar-refractivity contribution is 6.35. The molecule has 4 aromatic rings. The molecule has 30 heavy (non-hydrogen) atoms. The number of aromatic nitrogens is 1. The van der Waals surface area contributed by atoms with Crippen LogP contribution in [-0.4, -0.2) is 18.0 Å². The SMILES string of the molecule is COc1ccccc1NC(=O)c1c(C)nc2ccc(Cl)cc2c1-c1ccccc1Cl. The number of pyridine rings is 1. The zero-order valence-electron chi connectivity index (χ0n) is 16.4. The molecule has 4 rings (SSSR count). The van der Waals surface area contributed by atoms with Gasteiger partial charge in [0.2, 0.25) is 0 Å². The highest BCUT2D eigenvalue weighted by Crippen LogP contribution is 2.38. The fourth-order valence-corrected chi connectivity index (χ4v) is 3.91. The van der Waals surface area contributed by atoms with Crippen molar-refractivity contribution in [3.8, 4) is 16.9 Å². The van der Waals surface area contributed by atoms with E-state index in [1.807, 2.05) is 49.4 Å². The minimum absolute atomic E-state index is 0.304. The van der Waals surface area contributed by atoms with Gasteiger partial charge in [0.15, 0.2) is 0 Å². The lowest BCUT2D eigenvalue weighted by atomic mass is 9.93. The number of aryl methyl sites for hydroxylation is 1. The fraction of sp³-hybridized carbons (Fsp3) is 0.0833. The maximum atomic E-state index is 13.5. The number of carbonyl (C=O) groups excluding carboxylic acids is 1. The van der Waals surface area contributed by atoms with Crippen LogP contribution >= 0.6 is 23.2 Å². The third-order valence-electron chi connectivity index (χ3n) is 4.85. The van der Waals surface area contributed by atoms with Crippen LogP contribution in [0.5, 0.6) is 5.75 Å². The molecule has 150 valence electrons. The molecule has 0 aliphatic heterocycles. The Morgan fingerprint density at radius 3 is 2.50 bits per heavy atom. The van der Waals surface area contributed by atoms with Gasteiger partial charge >= 0.3 is 0 Å². The summed E-state index contributed by atoms with van der Waals surface area (Å²) in [5.41, 5.74) is 3.76. The second-order valence-corrected chi connectivity index (χ2v) is 7.59. The van der Waals surface area contributed by atoms with E-state index in [4.69, 9.17) is 27.9 Å². The number of methoxy groups -OCH3 is 1. The van der Waals surface area contributed by atoms with E-state index in [9.17, 15) is 4.79 Å². The van der Waals surface area contributed by atoms with Gasteiger partial charge in [0.1, 0.15) is 5.75 Å². The Bertz CT molecular complexity index is 1270. The van der Waals surface area contributed by atoms with E-state index in [0.29, 0.717) is 38.3 Å². The molecular weight excluding hydrogens is 419 g/mol. The summed E-state index contributed by atoms with van der Waals surface area (Å²) in [5, 5.41) is 4.79. The van der Waals surface area contributed by atoms with Gasteiger partial charge in [-0.25, -0.2) is 0 Å². The number of rotatable bonds is 4. The molecule has 0 saturated heterocycles. The molecule has 0 unspecified atom stereocenters. The predicted molar refractivity (Wildman–Crippen MR) is 123 cm³/mol. The zero-order valence-corrected chi connectivity index (χ0v) is 17.9. The van der Waals surface area contributed by atoms with Gasteiger partial charge in [-0.15, -0.1) is 0 Å². The minimum atomic E-state index is -0.304. The van der Waals surface area contributed by atoms with Crippen LogP contribution in [-0.2, 0) is 0 Å². The largest absolute Gasteiger partial charge is 0.495 e. The molecule has 1 heterocycles. The summed E-state index contributed by atoms with van der Waals surface area (Å²) in [4.78, 5) is 18.1. The van der Waals surface area contributed by atoms with Gasteiger partial charge in [-0.2, -0.15) is 0 Å². The van der Waals surface area contributed by atoms with Crippen LogP contribution in [0.25, 0.3) is 22.0 Å². The second kappa shape index (κ2) is 8.34. The number of nitrogens with zero attached hydrogens (tertiary/aromatic N) is 1. The molecule has 0 bridgehead atoms. The molecule has 1 amide bonds. The molecule has 3 aromatic carbocycles. The van der Waals surface area contributed by atoms with Crippen LogP contribution in [0.2, 0.25) is 10.0 Å². The van der Waals surface area contributed by atoms with Gasteiger partial charge in [-0.3, -0.25) is 9.78 Å². The van der Waals surface area contributed by atoms with Crippen LogP contribution in [0, 0.1) is 6.92 Å². The van der Waals surface area contributed by atoms with Crippen molar-refractivity contribution in [1.29, 1.82) is 0 Å². The Balaban J connectivity index is 1.97. The van der Waals surface area contributed by atoms with E-state index in [2.05, 4.69) is 10.3 Å². The van der Waals surface area contributed by atoms with Gasteiger partial charge < -0.3 is 10.1 Å². The molecule has 0 aliphatic carbocycles. The summed E-state index contributed by atoms with van der Waals surface area (Å²) < 4.78 is 5.36. The van der Waals surface area contributed by atoms with Gasteiger partial charge in [0.25, 0.3) is 5.91 Å². The number of para-hydroxylation sites is 2. The molecule has 0 radical (unpaired) electrons. The Morgan fingerprint density at radius 2 is 1.73 bits per heavy atom. The summed E-state index contributed by atoms with van der Waals surface area (Å²) in [6, 6.07) is 20.1. The number of fused-ring (bicyclic) bond motifs is 1. The summed E-state index contributed by atoms with van der Waals surface area (Å²) in [6.45, 7) is 1.81. The average molecular weight is 437 g/mol. The highest BCUT2D eigenvalue weighted by Gasteiger charge is 2.23. The van der Waals surface area contributed by atoms with Gasteiger partial charge in [0, 0.05) is 26.6 Å². The van der Waals surface area contributed by atoms with E-state index < -0.39 is 0 Å². The number of nitrogens with one attached hydrogen (secondary N) is 1. The quantitative estimate of drug-likeness (QED) is 0.383. The van der Waals surface area contributed by atoms with E-state index in [0.717, 1.165) is 16.5 Å². The Morgan fingerprint density at radius 1 is 1.00 bits per heavy atom. The van der Waals surface area contributed by atoms with E-state index in [1.165, 1.54) is 0 Å². The topological polar surface area (TPSA) is 51.2 Å². The molecule has 0 spiro atoms. The number of halogens is 2. The normalized spacial score (nSPS) is 10.8. The van der Waals surface area contributed by atoms with Gasteiger partial charge in [-0.05, 0) is 43.3 Å². The second-order valence-electron chi connectivity index (χ2n) is 6.74. The smallest absolute Gasteiger partial charge is 0.258 e. The Labute approximate surface area is 184 Å². The minimum Gasteiger partial charge on any atom is -0.495 e. The van der Waals surface area contributed by atoms with Crippen molar-refractivity contribution in [2.24, 2.45) is 0 Å². The fourth-order valence-electron chi connectivity index (χ4n) is 3.51. The molecule has 0 aliphatic rings. The van der Waals surface area contributed by atoms with Crippen molar-refractivity contribution in [3.05, 3.63) is 88.0 Å². The van der Waals surface area contributed by atoms with Crippen molar-refractivity contribution < 1.29 is 9.53 Å². The standard InChI is InChI=1S/C24H18Cl2N2O2/c1-14-22(24(29)28-20-9-5-6-10-21(20)30-2)23(16-7-3-4-8-18(16)26)17-13-15(25)11-12-19(17)27-14/h3-13H,1-2H3,(H,28,29). The number of anilines is 1. The first-order valence-electron chi connectivity index (χ1n) is 9.28. The van der Waals surface area contributed by atoms with Crippen molar-refractivity contribution >= 4 is 45.7 Å². The maximum Gasteiger partial charge on any atom is 0.258 e. The van der Waals surface area contributed by atoms with Gasteiger partial charge in [-0.1, -0.05) is 53.5 Å². The van der Waals surface area contributed by atoms with Crippen LogP contribution in [0.3, 0.4) is 0 Å². The van der Waals surface area contributed by atoms with Crippen LogP contribution < -0.4 is 10.1 Å². The van der Waals surface area contributed by atoms with E-state index in [1.54, 1.807) is 31.4 Å². The lowest BCUT2D eigenvalue weighted by Gasteiger charge is -2.17.